The molecule has 5 heteroatoms. The van der Waals surface area contributed by atoms with Gasteiger partial charge in [-0.2, -0.15) is 5.10 Å². The summed E-state index contributed by atoms with van der Waals surface area (Å²) >= 11 is 0. The minimum absolute atomic E-state index is 0.429. The van der Waals surface area contributed by atoms with Crippen LogP contribution in [0.3, 0.4) is 0 Å². The molecule has 11 heavy (non-hydrogen) atoms. The monoisotopic (exact) mass is 150 g/mol. The summed E-state index contributed by atoms with van der Waals surface area (Å²) in [5, 5.41) is 6.40. The van der Waals surface area contributed by atoms with Crippen molar-refractivity contribution in [1.82, 2.24) is 15.2 Å². The molecule has 2 aromatic heterocycles. The van der Waals surface area contributed by atoms with E-state index in [0.29, 0.717) is 17.4 Å². The molecule has 5 nitrogen and oxygen atoms in total. The van der Waals surface area contributed by atoms with E-state index >= 15 is 0 Å². The molecule has 2 heterocycles. The van der Waals surface area contributed by atoms with Crippen LogP contribution in [-0.4, -0.2) is 15.2 Å². The van der Waals surface area contributed by atoms with Gasteiger partial charge in [-0.25, -0.2) is 4.98 Å². The van der Waals surface area contributed by atoms with Crippen LogP contribution in [0.1, 0.15) is 0 Å². The van der Waals surface area contributed by atoms with Gasteiger partial charge in [0.05, 0.1) is 6.20 Å². The number of nitrogen functional groups attached to an aromatic ring is 1. The molecule has 0 spiro atoms. The molecule has 0 unspecified atom stereocenters. The van der Waals surface area contributed by atoms with Gasteiger partial charge in [-0.05, 0) is 0 Å². The van der Waals surface area contributed by atoms with Crippen LogP contribution in [-0.2, 0) is 0 Å². The number of nitrogens with two attached hydrogens (primary N) is 1. The maximum Gasteiger partial charge on any atom is 0.244 e. The minimum Gasteiger partial charge on any atom is -0.443 e. The molecule has 0 saturated heterocycles. The maximum absolute atomic E-state index is 5.37. The third kappa shape index (κ3) is 0.958. The SMILES string of the molecule is Nc1cc(-c2ncco2)[nH]n1. The van der Waals surface area contributed by atoms with Crippen LogP contribution >= 0.6 is 0 Å². The highest BCUT2D eigenvalue weighted by atomic mass is 16.3. The van der Waals surface area contributed by atoms with Gasteiger partial charge in [0.1, 0.15) is 17.8 Å². The topological polar surface area (TPSA) is 80.7 Å². The summed E-state index contributed by atoms with van der Waals surface area (Å²) in [7, 11) is 0. The first-order valence-corrected chi connectivity index (χ1v) is 3.07. The van der Waals surface area contributed by atoms with Gasteiger partial charge in [-0.1, -0.05) is 0 Å². The van der Waals surface area contributed by atoms with Gasteiger partial charge in [0, 0.05) is 6.07 Å². The van der Waals surface area contributed by atoms with Crippen LogP contribution in [0.5, 0.6) is 0 Å². The van der Waals surface area contributed by atoms with E-state index in [1.54, 1.807) is 12.3 Å². The predicted molar refractivity (Wildman–Crippen MR) is 38.5 cm³/mol. The smallest absolute Gasteiger partial charge is 0.244 e. The van der Waals surface area contributed by atoms with E-state index in [0.717, 1.165) is 0 Å². The highest BCUT2D eigenvalue weighted by molar-refractivity contribution is 5.51. The lowest BCUT2D eigenvalue weighted by Crippen LogP contribution is -1.81. The maximum atomic E-state index is 5.37. The van der Waals surface area contributed by atoms with E-state index in [-0.39, 0.29) is 0 Å². The van der Waals surface area contributed by atoms with Crippen LogP contribution in [0.25, 0.3) is 11.6 Å². The van der Waals surface area contributed by atoms with Gasteiger partial charge in [0.2, 0.25) is 5.89 Å². The Morgan fingerprint density at radius 1 is 1.55 bits per heavy atom. The van der Waals surface area contributed by atoms with Gasteiger partial charge in [-0.15, -0.1) is 0 Å². The molecular weight excluding hydrogens is 144 g/mol. The van der Waals surface area contributed by atoms with Crippen molar-refractivity contribution in [3.8, 4) is 11.6 Å². The Hall–Kier alpha value is -1.78. The molecule has 0 atom stereocenters. The highest BCUT2D eigenvalue weighted by Crippen LogP contribution is 2.14. The molecule has 56 valence electrons. The molecule has 2 aromatic rings. The summed E-state index contributed by atoms with van der Waals surface area (Å²) < 4.78 is 4.99. The zero-order valence-corrected chi connectivity index (χ0v) is 5.61. The quantitative estimate of drug-likeness (QED) is 0.625. The molecule has 0 saturated carbocycles. The molecule has 0 aliphatic rings. The molecular formula is C6H6N4O. The van der Waals surface area contributed by atoms with E-state index in [1.165, 1.54) is 6.26 Å². The fourth-order valence-electron chi connectivity index (χ4n) is 0.803. The average Bonchev–Trinajstić information content (AvgIpc) is 2.55. The van der Waals surface area contributed by atoms with Crippen molar-refractivity contribution in [3.63, 3.8) is 0 Å². The number of hydrogen-bond acceptors (Lipinski definition) is 4. The van der Waals surface area contributed by atoms with Gasteiger partial charge in [0.15, 0.2) is 0 Å². The van der Waals surface area contributed by atoms with Gasteiger partial charge in [0.25, 0.3) is 0 Å². The molecule has 0 amide bonds. The summed E-state index contributed by atoms with van der Waals surface area (Å²) in [5.74, 6) is 0.924. The number of anilines is 1. The van der Waals surface area contributed by atoms with Crippen LogP contribution in [0.2, 0.25) is 0 Å². The number of H-pyrrole nitrogens is 1. The third-order valence-electron chi connectivity index (χ3n) is 1.26. The standard InChI is InChI=1S/C6H6N4O/c7-5-3-4(9-10-5)6-8-1-2-11-6/h1-3H,(H3,7,9,10). The Labute approximate surface area is 62.2 Å². The van der Waals surface area contributed by atoms with Gasteiger partial charge in [-0.3, -0.25) is 5.10 Å². The fourth-order valence-corrected chi connectivity index (χ4v) is 0.803. The van der Waals surface area contributed by atoms with E-state index in [2.05, 4.69) is 15.2 Å². The Bertz CT molecular complexity index is 337. The first-order chi connectivity index (χ1) is 5.36. The number of rotatable bonds is 1. The van der Waals surface area contributed by atoms with Crippen molar-refractivity contribution in [3.05, 3.63) is 18.5 Å². The third-order valence-corrected chi connectivity index (χ3v) is 1.26. The highest BCUT2D eigenvalue weighted by Gasteiger charge is 2.03. The summed E-state index contributed by atoms with van der Waals surface area (Å²) in [6.45, 7) is 0. The fraction of sp³-hybridized carbons (Fsp3) is 0. The van der Waals surface area contributed by atoms with Crippen molar-refractivity contribution in [2.24, 2.45) is 0 Å². The number of nitrogens with one attached hydrogen (secondary N) is 1. The molecule has 0 aromatic carbocycles. The molecule has 0 radical (unpaired) electrons. The number of aromatic nitrogens is 3. The van der Waals surface area contributed by atoms with Gasteiger partial charge < -0.3 is 10.2 Å². The Kier molecular flexibility index (Phi) is 1.15. The van der Waals surface area contributed by atoms with Crippen LogP contribution in [0, 0.1) is 0 Å². The van der Waals surface area contributed by atoms with E-state index < -0.39 is 0 Å². The summed E-state index contributed by atoms with van der Waals surface area (Å²) in [6, 6.07) is 1.66. The molecule has 0 aliphatic heterocycles. The van der Waals surface area contributed by atoms with Crippen molar-refractivity contribution in [2.45, 2.75) is 0 Å². The lowest BCUT2D eigenvalue weighted by Gasteiger charge is -1.83. The molecule has 0 aliphatic carbocycles. The molecule has 2 rings (SSSR count). The largest absolute Gasteiger partial charge is 0.443 e. The zero-order chi connectivity index (χ0) is 7.68. The second-order valence-corrected chi connectivity index (χ2v) is 2.04. The van der Waals surface area contributed by atoms with E-state index in [1.807, 2.05) is 0 Å². The lowest BCUT2D eigenvalue weighted by molar-refractivity contribution is 0.572. The van der Waals surface area contributed by atoms with Crippen molar-refractivity contribution in [1.29, 1.82) is 0 Å². The second kappa shape index (κ2) is 2.12. The van der Waals surface area contributed by atoms with Crippen molar-refractivity contribution >= 4 is 5.82 Å². The second-order valence-electron chi connectivity index (χ2n) is 2.04. The number of hydrogen-bond donors (Lipinski definition) is 2. The van der Waals surface area contributed by atoms with Crippen LogP contribution < -0.4 is 5.73 Å². The predicted octanol–water partition coefficient (Wildman–Crippen LogP) is 0.647. The zero-order valence-electron chi connectivity index (χ0n) is 5.61. The van der Waals surface area contributed by atoms with Crippen molar-refractivity contribution < 1.29 is 4.42 Å². The first-order valence-electron chi connectivity index (χ1n) is 3.07. The Morgan fingerprint density at radius 3 is 3.00 bits per heavy atom. The normalized spacial score (nSPS) is 10.2. The minimum atomic E-state index is 0.429. The number of aromatic amines is 1. The summed E-state index contributed by atoms with van der Waals surface area (Å²) in [6.07, 6.45) is 3.05. The molecule has 0 fully saturated rings. The van der Waals surface area contributed by atoms with Gasteiger partial charge >= 0.3 is 0 Å². The summed E-state index contributed by atoms with van der Waals surface area (Å²) in [5.41, 5.74) is 6.06. The van der Waals surface area contributed by atoms with Crippen LogP contribution in [0.15, 0.2) is 22.9 Å². The average molecular weight is 150 g/mol. The van der Waals surface area contributed by atoms with Crippen LogP contribution in [0.4, 0.5) is 5.82 Å². The summed E-state index contributed by atoms with van der Waals surface area (Å²) in [4.78, 5) is 3.91. The van der Waals surface area contributed by atoms with Crippen molar-refractivity contribution in [2.75, 3.05) is 5.73 Å². The number of oxazole rings is 1. The van der Waals surface area contributed by atoms with E-state index in [4.69, 9.17) is 10.2 Å². The van der Waals surface area contributed by atoms with E-state index in [9.17, 15) is 0 Å². The number of nitrogens with zero attached hydrogens (tertiary/aromatic N) is 2. The molecule has 3 N–H and O–H groups in total. The molecule has 0 bridgehead atoms. The first kappa shape index (κ1) is 5.96. The lowest BCUT2D eigenvalue weighted by atomic mass is 10.4. The Morgan fingerprint density at radius 2 is 2.45 bits per heavy atom. The Balaban J connectivity index is 2.45.